The monoisotopic (exact) mass is 300 g/mol. The Balaban J connectivity index is 1.94. The van der Waals surface area contributed by atoms with Gasteiger partial charge in [-0.15, -0.1) is 0 Å². The van der Waals surface area contributed by atoms with Crippen molar-refractivity contribution in [1.29, 1.82) is 0 Å². The molecule has 0 aliphatic carbocycles. The Morgan fingerprint density at radius 1 is 1.19 bits per heavy atom. The van der Waals surface area contributed by atoms with E-state index in [0.29, 0.717) is 11.4 Å². The summed E-state index contributed by atoms with van der Waals surface area (Å²) in [6.07, 6.45) is -0.220. The van der Waals surface area contributed by atoms with E-state index in [9.17, 15) is 5.11 Å². The molecule has 3 nitrogen and oxygen atoms in total. The Bertz CT molecular complexity index is 795. The highest BCUT2D eigenvalue weighted by atomic mass is 35.5. The number of aliphatic hydroxyl groups excluding tert-OH is 1. The third-order valence-electron chi connectivity index (χ3n) is 3.84. The van der Waals surface area contributed by atoms with Crippen LogP contribution in [0.15, 0.2) is 42.5 Å². The van der Waals surface area contributed by atoms with Crippen molar-refractivity contribution in [2.45, 2.75) is 19.4 Å². The second-order valence-electron chi connectivity index (χ2n) is 5.27. The predicted octanol–water partition coefficient (Wildman–Crippen LogP) is 3.81. The van der Waals surface area contributed by atoms with Gasteiger partial charge >= 0.3 is 0 Å². The van der Waals surface area contributed by atoms with Gasteiger partial charge in [-0.1, -0.05) is 41.9 Å². The van der Waals surface area contributed by atoms with Crippen molar-refractivity contribution in [3.05, 3.63) is 64.4 Å². The molecule has 2 aromatic carbocycles. The Morgan fingerprint density at radius 3 is 2.71 bits per heavy atom. The number of benzene rings is 2. The van der Waals surface area contributed by atoms with E-state index in [1.807, 2.05) is 61.0 Å². The van der Waals surface area contributed by atoms with Crippen LogP contribution in [-0.2, 0) is 13.5 Å². The number of halogens is 1. The summed E-state index contributed by atoms with van der Waals surface area (Å²) in [6, 6.07) is 13.7. The molecule has 0 fully saturated rings. The maximum absolute atomic E-state index is 10.5. The van der Waals surface area contributed by atoms with Crippen molar-refractivity contribution < 1.29 is 5.11 Å². The molecule has 0 aliphatic rings. The van der Waals surface area contributed by atoms with Crippen molar-refractivity contribution in [1.82, 2.24) is 9.55 Å². The zero-order valence-corrected chi connectivity index (χ0v) is 12.8. The fourth-order valence-corrected chi connectivity index (χ4v) is 2.84. The molecular weight excluding hydrogens is 284 g/mol. The van der Waals surface area contributed by atoms with Crippen LogP contribution in [0.2, 0.25) is 5.02 Å². The van der Waals surface area contributed by atoms with E-state index < -0.39 is 6.10 Å². The van der Waals surface area contributed by atoms with Gasteiger partial charge in [0.15, 0.2) is 0 Å². The number of nitrogens with zero attached hydrogens (tertiary/aromatic N) is 2. The molecule has 4 heteroatoms. The largest absolute Gasteiger partial charge is 0.388 e. The Hall–Kier alpha value is -1.84. The van der Waals surface area contributed by atoms with Crippen LogP contribution in [0.4, 0.5) is 0 Å². The standard InChI is InChI=1S/C17H17ClN2O/c1-11-6-5-7-12(17(11)18)15(21)10-16-19-13-8-3-4-9-14(13)20(16)2/h3-9,15,21H,10H2,1-2H3. The molecule has 1 aromatic heterocycles. The van der Waals surface area contributed by atoms with E-state index in [0.717, 1.165) is 28.0 Å². The summed E-state index contributed by atoms with van der Waals surface area (Å²) in [6.45, 7) is 1.94. The number of rotatable bonds is 3. The Kier molecular flexibility index (Phi) is 3.70. The second kappa shape index (κ2) is 5.51. The molecule has 1 N–H and O–H groups in total. The number of hydrogen-bond donors (Lipinski definition) is 1. The van der Waals surface area contributed by atoms with Crippen molar-refractivity contribution in [2.24, 2.45) is 7.05 Å². The number of aromatic nitrogens is 2. The lowest BCUT2D eigenvalue weighted by Gasteiger charge is -2.14. The van der Waals surface area contributed by atoms with Crippen molar-refractivity contribution in [3.63, 3.8) is 0 Å². The summed E-state index contributed by atoms with van der Waals surface area (Å²) < 4.78 is 2.02. The first-order chi connectivity index (χ1) is 10.1. The SMILES string of the molecule is Cc1cccc(C(O)Cc2nc3ccccc3n2C)c1Cl. The van der Waals surface area contributed by atoms with Gasteiger partial charge in [0.25, 0.3) is 0 Å². The van der Waals surface area contributed by atoms with Crippen LogP contribution < -0.4 is 0 Å². The number of imidazole rings is 1. The molecule has 0 aliphatic heterocycles. The maximum atomic E-state index is 10.5. The minimum absolute atomic E-state index is 0.439. The molecule has 108 valence electrons. The molecule has 3 rings (SSSR count). The average Bonchev–Trinajstić information content (AvgIpc) is 2.79. The van der Waals surface area contributed by atoms with Gasteiger partial charge in [-0.2, -0.15) is 0 Å². The van der Waals surface area contributed by atoms with E-state index in [2.05, 4.69) is 4.98 Å². The summed E-state index contributed by atoms with van der Waals surface area (Å²) in [4.78, 5) is 4.59. The first kappa shape index (κ1) is 14.1. The summed E-state index contributed by atoms with van der Waals surface area (Å²) in [5.74, 6) is 0.848. The summed E-state index contributed by atoms with van der Waals surface area (Å²) >= 11 is 6.29. The number of fused-ring (bicyclic) bond motifs is 1. The number of aryl methyl sites for hydroxylation is 2. The van der Waals surface area contributed by atoms with E-state index in [-0.39, 0.29) is 0 Å². The van der Waals surface area contributed by atoms with Crippen LogP contribution in [0.25, 0.3) is 11.0 Å². The minimum Gasteiger partial charge on any atom is -0.388 e. The summed E-state index contributed by atoms with van der Waals surface area (Å²) in [7, 11) is 1.97. The first-order valence-electron chi connectivity index (χ1n) is 6.91. The van der Waals surface area contributed by atoms with E-state index in [1.165, 1.54) is 0 Å². The van der Waals surface area contributed by atoms with Crippen LogP contribution in [0.3, 0.4) is 0 Å². The molecule has 0 radical (unpaired) electrons. The van der Waals surface area contributed by atoms with Gasteiger partial charge in [0.2, 0.25) is 0 Å². The quantitative estimate of drug-likeness (QED) is 0.798. The van der Waals surface area contributed by atoms with E-state index >= 15 is 0 Å². The Morgan fingerprint density at radius 2 is 1.95 bits per heavy atom. The molecule has 3 aromatic rings. The lowest BCUT2D eigenvalue weighted by atomic mass is 10.0. The third-order valence-corrected chi connectivity index (χ3v) is 4.35. The second-order valence-corrected chi connectivity index (χ2v) is 5.65. The van der Waals surface area contributed by atoms with Crippen LogP contribution in [0.1, 0.15) is 23.1 Å². The molecule has 21 heavy (non-hydrogen) atoms. The average molecular weight is 301 g/mol. The lowest BCUT2D eigenvalue weighted by molar-refractivity contribution is 0.175. The minimum atomic E-state index is -0.659. The number of hydrogen-bond acceptors (Lipinski definition) is 2. The van der Waals surface area contributed by atoms with E-state index in [1.54, 1.807) is 0 Å². The van der Waals surface area contributed by atoms with Crippen LogP contribution in [-0.4, -0.2) is 14.7 Å². The van der Waals surface area contributed by atoms with Crippen LogP contribution >= 0.6 is 11.6 Å². The fourth-order valence-electron chi connectivity index (χ4n) is 2.59. The van der Waals surface area contributed by atoms with Gasteiger partial charge in [0, 0.05) is 18.5 Å². The van der Waals surface area contributed by atoms with E-state index in [4.69, 9.17) is 11.6 Å². The van der Waals surface area contributed by atoms with Gasteiger partial charge in [0.1, 0.15) is 5.82 Å². The molecule has 1 unspecified atom stereocenters. The van der Waals surface area contributed by atoms with Gasteiger partial charge in [-0.3, -0.25) is 0 Å². The van der Waals surface area contributed by atoms with Crippen LogP contribution in [0, 0.1) is 6.92 Å². The smallest absolute Gasteiger partial charge is 0.112 e. The maximum Gasteiger partial charge on any atom is 0.112 e. The highest BCUT2D eigenvalue weighted by molar-refractivity contribution is 6.32. The van der Waals surface area contributed by atoms with Gasteiger partial charge in [-0.05, 0) is 30.2 Å². The topological polar surface area (TPSA) is 38.1 Å². The zero-order chi connectivity index (χ0) is 15.0. The molecule has 0 spiro atoms. The van der Waals surface area contributed by atoms with Gasteiger partial charge < -0.3 is 9.67 Å². The number of aliphatic hydroxyl groups is 1. The predicted molar refractivity (Wildman–Crippen MR) is 85.6 cm³/mol. The van der Waals surface area contributed by atoms with Crippen molar-refractivity contribution in [3.8, 4) is 0 Å². The molecule has 0 bridgehead atoms. The molecule has 0 saturated heterocycles. The summed E-state index contributed by atoms with van der Waals surface area (Å²) in [5, 5.41) is 11.1. The molecule has 1 heterocycles. The van der Waals surface area contributed by atoms with Gasteiger partial charge in [-0.25, -0.2) is 4.98 Å². The van der Waals surface area contributed by atoms with Crippen LogP contribution in [0.5, 0.6) is 0 Å². The van der Waals surface area contributed by atoms with Crippen molar-refractivity contribution in [2.75, 3.05) is 0 Å². The van der Waals surface area contributed by atoms with Crippen molar-refractivity contribution >= 4 is 22.6 Å². The lowest BCUT2D eigenvalue weighted by Crippen LogP contribution is -2.07. The normalized spacial score (nSPS) is 12.8. The highest BCUT2D eigenvalue weighted by Gasteiger charge is 2.17. The molecular formula is C17H17ClN2O. The number of para-hydroxylation sites is 2. The molecule has 1 atom stereocenters. The molecule has 0 amide bonds. The molecule has 0 saturated carbocycles. The summed E-state index contributed by atoms with van der Waals surface area (Å²) in [5.41, 5.74) is 3.73. The third kappa shape index (κ3) is 2.55. The fraction of sp³-hybridized carbons (Fsp3) is 0.235. The van der Waals surface area contributed by atoms with Gasteiger partial charge in [0.05, 0.1) is 17.1 Å². The first-order valence-corrected chi connectivity index (χ1v) is 7.29. The Labute approximate surface area is 128 Å². The zero-order valence-electron chi connectivity index (χ0n) is 12.0. The highest BCUT2D eigenvalue weighted by Crippen LogP contribution is 2.28.